The number of nitrogens with zero attached hydrogens (tertiary/aromatic N) is 2. The first kappa shape index (κ1) is 26.5. The first-order valence-corrected chi connectivity index (χ1v) is 11.5. The van der Waals surface area contributed by atoms with Gasteiger partial charge in [0.05, 0.1) is 17.7 Å². The van der Waals surface area contributed by atoms with Gasteiger partial charge in [-0.15, -0.1) is 0 Å². The fraction of sp³-hybridized carbons (Fsp3) is 0.111. The number of hydrogen-bond donors (Lipinski definition) is 2. The maximum absolute atomic E-state index is 13.2. The van der Waals surface area contributed by atoms with E-state index in [1.165, 1.54) is 43.5 Å². The minimum absolute atomic E-state index is 0.0934. The fourth-order valence-electron chi connectivity index (χ4n) is 3.74. The van der Waals surface area contributed by atoms with Crippen molar-refractivity contribution in [1.82, 2.24) is 5.32 Å². The molecule has 0 spiro atoms. The summed E-state index contributed by atoms with van der Waals surface area (Å²) in [5, 5.41) is 15.9. The molecule has 1 aliphatic heterocycles. The second kappa shape index (κ2) is 11.3. The number of non-ortho nitro benzene ring substituents is 1. The molecule has 3 aromatic rings. The van der Waals surface area contributed by atoms with Crippen molar-refractivity contribution in [3.05, 3.63) is 93.5 Å². The van der Waals surface area contributed by atoms with Crippen molar-refractivity contribution in [1.29, 1.82) is 0 Å². The van der Waals surface area contributed by atoms with E-state index in [2.05, 4.69) is 10.6 Å². The number of methoxy groups -OCH3 is 1. The van der Waals surface area contributed by atoms with Crippen molar-refractivity contribution in [2.24, 2.45) is 0 Å². The van der Waals surface area contributed by atoms with Crippen LogP contribution in [0.25, 0.3) is 6.08 Å². The lowest BCUT2D eigenvalue weighted by Gasteiger charge is -2.26. The zero-order chi connectivity index (χ0) is 28.1. The topological polar surface area (TPSA) is 157 Å². The zero-order valence-electron chi connectivity index (χ0n) is 20.8. The highest BCUT2D eigenvalue weighted by Crippen LogP contribution is 2.30. The summed E-state index contributed by atoms with van der Waals surface area (Å²) in [6.07, 6.45) is 1.20. The lowest BCUT2D eigenvalue weighted by molar-refractivity contribution is -0.384. The van der Waals surface area contributed by atoms with Crippen molar-refractivity contribution < 1.29 is 33.6 Å². The van der Waals surface area contributed by atoms with Crippen molar-refractivity contribution >= 4 is 46.9 Å². The summed E-state index contributed by atoms with van der Waals surface area (Å²) >= 11 is 0. The van der Waals surface area contributed by atoms with Gasteiger partial charge < -0.3 is 14.8 Å². The Hall–Kier alpha value is -5.52. The van der Waals surface area contributed by atoms with E-state index in [0.29, 0.717) is 16.3 Å². The molecular formula is C27H22N4O8. The second-order valence-electron chi connectivity index (χ2n) is 8.34. The Bertz CT molecular complexity index is 1530. The summed E-state index contributed by atoms with van der Waals surface area (Å²) in [6.45, 7) is 1.49. The number of barbiturate groups is 1. The number of carbonyl (C=O) groups excluding carboxylic acids is 4. The molecule has 0 radical (unpaired) electrons. The van der Waals surface area contributed by atoms with E-state index in [1.54, 1.807) is 24.3 Å². The number of carbonyl (C=O) groups is 4. The Morgan fingerprint density at radius 3 is 2.56 bits per heavy atom. The van der Waals surface area contributed by atoms with E-state index < -0.39 is 40.9 Å². The number of nitro groups is 1. The lowest BCUT2D eigenvalue weighted by Crippen LogP contribution is -2.54. The monoisotopic (exact) mass is 530 g/mol. The smallest absolute Gasteiger partial charge is 0.335 e. The van der Waals surface area contributed by atoms with Crippen molar-refractivity contribution in [2.45, 2.75) is 6.92 Å². The first-order chi connectivity index (χ1) is 18.7. The molecule has 0 atom stereocenters. The maximum Gasteiger partial charge on any atom is 0.335 e. The predicted octanol–water partition coefficient (Wildman–Crippen LogP) is 3.60. The number of amides is 5. The van der Waals surface area contributed by atoms with E-state index in [0.717, 1.165) is 11.6 Å². The minimum Gasteiger partial charge on any atom is -0.497 e. The summed E-state index contributed by atoms with van der Waals surface area (Å²) in [5.74, 6) is -1.90. The molecule has 5 amide bonds. The zero-order valence-corrected chi connectivity index (χ0v) is 20.8. The molecule has 12 heteroatoms. The van der Waals surface area contributed by atoms with Crippen molar-refractivity contribution in [3.63, 3.8) is 0 Å². The number of ether oxygens (including phenoxy) is 2. The second-order valence-corrected chi connectivity index (χ2v) is 8.34. The highest BCUT2D eigenvalue weighted by Gasteiger charge is 2.37. The van der Waals surface area contributed by atoms with E-state index in [4.69, 9.17) is 9.47 Å². The lowest BCUT2D eigenvalue weighted by atomic mass is 10.1. The summed E-state index contributed by atoms with van der Waals surface area (Å²) in [7, 11) is 1.43. The van der Waals surface area contributed by atoms with Crippen molar-refractivity contribution in [2.75, 3.05) is 23.9 Å². The molecule has 4 rings (SSSR count). The van der Waals surface area contributed by atoms with Gasteiger partial charge in [-0.2, -0.15) is 0 Å². The van der Waals surface area contributed by atoms with Gasteiger partial charge in [0.15, 0.2) is 6.61 Å². The Morgan fingerprint density at radius 2 is 1.85 bits per heavy atom. The molecule has 0 unspecified atom stereocenters. The molecule has 1 aliphatic rings. The number of benzene rings is 3. The molecule has 0 bridgehead atoms. The molecule has 1 heterocycles. The molecule has 1 fully saturated rings. The van der Waals surface area contributed by atoms with Gasteiger partial charge >= 0.3 is 6.03 Å². The van der Waals surface area contributed by atoms with Gasteiger partial charge in [0.1, 0.15) is 17.1 Å². The van der Waals surface area contributed by atoms with Gasteiger partial charge in [0.25, 0.3) is 23.4 Å². The Labute approximate surface area is 222 Å². The minimum atomic E-state index is -1.05. The largest absolute Gasteiger partial charge is 0.497 e. The average molecular weight is 530 g/mol. The van der Waals surface area contributed by atoms with Crippen LogP contribution in [0, 0.1) is 17.0 Å². The number of nitrogens with one attached hydrogen (secondary N) is 2. The van der Waals surface area contributed by atoms with E-state index in [-0.39, 0.29) is 22.7 Å². The van der Waals surface area contributed by atoms with Gasteiger partial charge in [-0.05, 0) is 48.9 Å². The van der Waals surface area contributed by atoms with Crippen LogP contribution in [0.5, 0.6) is 11.5 Å². The third-order valence-corrected chi connectivity index (χ3v) is 5.58. The quantitative estimate of drug-likeness (QED) is 0.194. The van der Waals surface area contributed by atoms with Crippen molar-refractivity contribution in [3.8, 4) is 11.5 Å². The molecule has 2 N–H and O–H groups in total. The van der Waals surface area contributed by atoms with Crippen LogP contribution < -0.4 is 25.0 Å². The molecule has 1 saturated heterocycles. The fourth-order valence-corrected chi connectivity index (χ4v) is 3.74. The van der Waals surface area contributed by atoms with Crippen LogP contribution in [0.1, 0.15) is 11.1 Å². The molecule has 0 aliphatic carbocycles. The van der Waals surface area contributed by atoms with E-state index in [1.807, 2.05) is 13.0 Å². The molecule has 0 aromatic heterocycles. The third-order valence-electron chi connectivity index (χ3n) is 5.58. The van der Waals surface area contributed by atoms with E-state index in [9.17, 15) is 29.3 Å². The molecule has 3 aromatic carbocycles. The predicted molar refractivity (Wildman–Crippen MR) is 140 cm³/mol. The molecule has 198 valence electrons. The van der Waals surface area contributed by atoms with Crippen LogP contribution in [0.15, 0.2) is 72.3 Å². The van der Waals surface area contributed by atoms with Crippen LogP contribution >= 0.6 is 0 Å². The summed E-state index contributed by atoms with van der Waals surface area (Å²) < 4.78 is 10.9. The van der Waals surface area contributed by atoms with Crippen LogP contribution in [0.4, 0.5) is 21.9 Å². The summed E-state index contributed by atoms with van der Waals surface area (Å²) in [4.78, 5) is 61.9. The van der Waals surface area contributed by atoms with Crippen LogP contribution in [0.3, 0.4) is 0 Å². The van der Waals surface area contributed by atoms with Gasteiger partial charge in [-0.1, -0.05) is 18.2 Å². The molecular weight excluding hydrogens is 508 g/mol. The van der Waals surface area contributed by atoms with E-state index >= 15 is 0 Å². The normalized spacial score (nSPS) is 14.2. The first-order valence-electron chi connectivity index (χ1n) is 11.5. The van der Waals surface area contributed by atoms with Gasteiger partial charge in [0.2, 0.25) is 0 Å². The van der Waals surface area contributed by atoms with Gasteiger partial charge in [0, 0.05) is 29.4 Å². The number of aryl methyl sites for hydroxylation is 1. The molecule has 0 saturated carbocycles. The Kier molecular flexibility index (Phi) is 7.66. The van der Waals surface area contributed by atoms with Gasteiger partial charge in [-0.25, -0.2) is 9.69 Å². The molecule has 39 heavy (non-hydrogen) atoms. The standard InChI is InChI=1S/C27H22N4O8/c1-16-5-3-6-18(11-16)28-24(32)15-39-23-14-21(38-2)10-9-17(23)12-22-25(33)29-27(35)30(26(22)34)19-7-4-8-20(13-19)31(36)37/h3-14H,15H2,1-2H3,(H,28,32)(H,29,33,35)/b22-12+. The highest BCUT2D eigenvalue weighted by molar-refractivity contribution is 6.39. The number of hydrogen-bond acceptors (Lipinski definition) is 8. The van der Waals surface area contributed by atoms with Crippen LogP contribution in [-0.2, 0) is 14.4 Å². The average Bonchev–Trinajstić information content (AvgIpc) is 2.90. The number of imide groups is 2. The van der Waals surface area contributed by atoms with Gasteiger partial charge in [-0.3, -0.25) is 29.8 Å². The van der Waals surface area contributed by atoms with Crippen LogP contribution in [-0.4, -0.2) is 42.4 Å². The number of rotatable bonds is 8. The summed E-state index contributed by atoms with van der Waals surface area (Å²) in [6, 6.07) is 15.6. The Balaban J connectivity index is 1.62. The highest BCUT2D eigenvalue weighted by atomic mass is 16.6. The number of urea groups is 1. The number of nitro benzene ring substituents is 1. The van der Waals surface area contributed by atoms with Crippen LogP contribution in [0.2, 0.25) is 0 Å². The maximum atomic E-state index is 13.2. The molecule has 12 nitrogen and oxygen atoms in total. The third kappa shape index (κ3) is 6.07. The number of anilines is 2. The summed E-state index contributed by atoms with van der Waals surface area (Å²) in [5.41, 5.74) is 0.927. The SMILES string of the molecule is COc1ccc(/C=C2\C(=O)NC(=O)N(c3cccc([N+](=O)[O-])c3)C2=O)c(OCC(=O)Nc2cccc(C)c2)c1. The Morgan fingerprint density at radius 1 is 1.08 bits per heavy atom.